The fourth-order valence-corrected chi connectivity index (χ4v) is 1.89. The predicted octanol–water partition coefficient (Wildman–Crippen LogP) is 2.68. The predicted molar refractivity (Wildman–Crippen MR) is 70.7 cm³/mol. The van der Waals surface area contributed by atoms with Crippen LogP contribution < -0.4 is 5.73 Å². The van der Waals surface area contributed by atoms with Crippen molar-refractivity contribution in [3.63, 3.8) is 0 Å². The first-order valence-electron chi connectivity index (χ1n) is 5.52. The highest BCUT2D eigenvalue weighted by molar-refractivity contribution is 5.79. The Morgan fingerprint density at radius 3 is 2.78 bits per heavy atom. The Labute approximate surface area is 104 Å². The molecule has 0 saturated carbocycles. The number of nitrogens with two attached hydrogens (primary N) is 1. The number of nitriles is 1. The molecule has 3 rings (SSSR count). The lowest BCUT2D eigenvalue weighted by Gasteiger charge is -2.00. The first-order valence-corrected chi connectivity index (χ1v) is 5.52. The van der Waals surface area contributed by atoms with Crippen LogP contribution in [0.2, 0.25) is 0 Å². The Balaban J connectivity index is 2.17. The Morgan fingerprint density at radius 2 is 2.00 bits per heavy atom. The fraction of sp³-hybridized carbons (Fsp3) is 0. The van der Waals surface area contributed by atoms with Crippen LogP contribution in [0, 0.1) is 11.3 Å². The van der Waals surface area contributed by atoms with Crippen LogP contribution in [-0.2, 0) is 0 Å². The zero-order chi connectivity index (χ0) is 12.5. The summed E-state index contributed by atoms with van der Waals surface area (Å²) in [6.07, 6.45) is 0. The zero-order valence-corrected chi connectivity index (χ0v) is 9.51. The molecule has 0 saturated heterocycles. The normalized spacial score (nSPS) is 10.4. The van der Waals surface area contributed by atoms with Gasteiger partial charge in [-0.15, -0.1) is 0 Å². The highest BCUT2D eigenvalue weighted by Gasteiger charge is 2.07. The molecule has 0 aliphatic heterocycles. The van der Waals surface area contributed by atoms with Crippen LogP contribution in [0.25, 0.3) is 22.4 Å². The second kappa shape index (κ2) is 3.90. The smallest absolute Gasteiger partial charge is 0.138 e. The molecule has 1 aromatic heterocycles. The van der Waals surface area contributed by atoms with E-state index in [9.17, 15) is 0 Å². The summed E-state index contributed by atoms with van der Waals surface area (Å²) >= 11 is 0. The molecule has 0 bridgehead atoms. The van der Waals surface area contributed by atoms with Crippen molar-refractivity contribution >= 4 is 16.7 Å². The number of H-pyrrole nitrogens is 1. The number of aromatic nitrogens is 2. The van der Waals surface area contributed by atoms with Gasteiger partial charge in [0, 0.05) is 11.3 Å². The molecule has 0 fully saturated rings. The van der Waals surface area contributed by atoms with Crippen LogP contribution in [0.15, 0.2) is 42.5 Å². The van der Waals surface area contributed by atoms with Gasteiger partial charge in [0.05, 0.1) is 16.6 Å². The van der Waals surface area contributed by atoms with E-state index in [0.717, 1.165) is 22.4 Å². The fourth-order valence-electron chi connectivity index (χ4n) is 1.89. The van der Waals surface area contributed by atoms with E-state index in [1.165, 1.54) is 0 Å². The molecule has 0 radical (unpaired) electrons. The highest BCUT2D eigenvalue weighted by Crippen LogP contribution is 2.23. The van der Waals surface area contributed by atoms with E-state index in [-0.39, 0.29) is 0 Å². The van der Waals surface area contributed by atoms with Gasteiger partial charge in [-0.3, -0.25) is 0 Å². The summed E-state index contributed by atoms with van der Waals surface area (Å²) in [5.41, 5.74) is 9.39. The topological polar surface area (TPSA) is 78.5 Å². The molecular weight excluding hydrogens is 224 g/mol. The lowest BCUT2D eigenvalue weighted by atomic mass is 10.1. The summed E-state index contributed by atoms with van der Waals surface area (Å²) in [4.78, 5) is 7.70. The number of para-hydroxylation sites is 2. The van der Waals surface area contributed by atoms with E-state index in [0.29, 0.717) is 11.3 Å². The molecule has 18 heavy (non-hydrogen) atoms. The first-order chi connectivity index (χ1) is 8.78. The number of benzene rings is 2. The minimum Gasteiger partial charge on any atom is -0.398 e. The monoisotopic (exact) mass is 234 g/mol. The van der Waals surface area contributed by atoms with Gasteiger partial charge in [-0.2, -0.15) is 5.26 Å². The van der Waals surface area contributed by atoms with Crippen LogP contribution in [0.5, 0.6) is 0 Å². The third kappa shape index (κ3) is 1.59. The molecule has 4 nitrogen and oxygen atoms in total. The minimum absolute atomic E-state index is 0.466. The number of imidazole rings is 1. The van der Waals surface area contributed by atoms with Crippen LogP contribution >= 0.6 is 0 Å². The number of fused-ring (bicyclic) bond motifs is 1. The largest absolute Gasteiger partial charge is 0.398 e. The average molecular weight is 234 g/mol. The van der Waals surface area contributed by atoms with Crippen LogP contribution in [0.1, 0.15) is 5.56 Å². The van der Waals surface area contributed by atoms with Gasteiger partial charge in [-0.05, 0) is 30.3 Å². The van der Waals surface area contributed by atoms with Crippen molar-refractivity contribution in [3.8, 4) is 17.5 Å². The lowest BCUT2D eigenvalue weighted by molar-refractivity contribution is 1.33. The third-order valence-electron chi connectivity index (χ3n) is 2.84. The molecule has 0 aliphatic carbocycles. The van der Waals surface area contributed by atoms with Crippen LogP contribution in [0.4, 0.5) is 5.69 Å². The highest BCUT2D eigenvalue weighted by atomic mass is 14.9. The van der Waals surface area contributed by atoms with Crippen molar-refractivity contribution in [2.45, 2.75) is 0 Å². The van der Waals surface area contributed by atoms with E-state index in [1.807, 2.05) is 30.3 Å². The Morgan fingerprint density at radius 1 is 1.17 bits per heavy atom. The Hall–Kier alpha value is -2.80. The van der Waals surface area contributed by atoms with Crippen molar-refractivity contribution < 1.29 is 0 Å². The molecule has 0 atom stereocenters. The van der Waals surface area contributed by atoms with Gasteiger partial charge < -0.3 is 10.7 Å². The molecule has 3 aromatic rings. The molecule has 0 unspecified atom stereocenters. The van der Waals surface area contributed by atoms with Gasteiger partial charge in [0.2, 0.25) is 0 Å². The van der Waals surface area contributed by atoms with E-state index >= 15 is 0 Å². The molecule has 0 spiro atoms. The van der Waals surface area contributed by atoms with Gasteiger partial charge in [-0.25, -0.2) is 4.98 Å². The van der Waals surface area contributed by atoms with Gasteiger partial charge in [0.25, 0.3) is 0 Å². The van der Waals surface area contributed by atoms with E-state index < -0.39 is 0 Å². The zero-order valence-electron chi connectivity index (χ0n) is 9.51. The molecule has 0 aliphatic rings. The second-order valence-electron chi connectivity index (χ2n) is 4.02. The molecular formula is C14H10N4. The van der Waals surface area contributed by atoms with Crippen molar-refractivity contribution in [2.24, 2.45) is 0 Å². The van der Waals surface area contributed by atoms with Gasteiger partial charge in [0.1, 0.15) is 11.9 Å². The maximum atomic E-state index is 8.97. The van der Waals surface area contributed by atoms with E-state index in [2.05, 4.69) is 16.0 Å². The lowest BCUT2D eigenvalue weighted by Crippen LogP contribution is -1.91. The summed E-state index contributed by atoms with van der Waals surface area (Å²) in [5, 5.41) is 8.97. The molecule has 3 N–H and O–H groups in total. The SMILES string of the molecule is N#Cc1cc(-c2nc3ccccc3[nH]2)ccc1N. The number of rotatable bonds is 1. The maximum absolute atomic E-state index is 8.97. The Bertz CT molecular complexity index is 732. The van der Waals surface area contributed by atoms with E-state index in [4.69, 9.17) is 11.0 Å². The second-order valence-corrected chi connectivity index (χ2v) is 4.02. The number of nitrogen functional groups attached to an aromatic ring is 1. The maximum Gasteiger partial charge on any atom is 0.138 e. The number of anilines is 1. The first kappa shape index (κ1) is 10.4. The number of hydrogen-bond donors (Lipinski definition) is 2. The van der Waals surface area contributed by atoms with Crippen molar-refractivity contribution in [1.82, 2.24) is 9.97 Å². The van der Waals surface area contributed by atoms with E-state index in [1.54, 1.807) is 12.1 Å². The average Bonchev–Trinajstić information content (AvgIpc) is 2.83. The summed E-state index contributed by atoms with van der Waals surface area (Å²) in [7, 11) is 0. The summed E-state index contributed by atoms with van der Waals surface area (Å²) in [6.45, 7) is 0. The van der Waals surface area contributed by atoms with Gasteiger partial charge in [-0.1, -0.05) is 12.1 Å². The summed E-state index contributed by atoms with van der Waals surface area (Å²) < 4.78 is 0. The molecule has 1 heterocycles. The van der Waals surface area contributed by atoms with Crippen LogP contribution in [-0.4, -0.2) is 9.97 Å². The number of nitrogens with one attached hydrogen (secondary N) is 1. The van der Waals surface area contributed by atoms with Crippen molar-refractivity contribution in [3.05, 3.63) is 48.0 Å². The molecule has 4 heteroatoms. The van der Waals surface area contributed by atoms with Gasteiger partial charge >= 0.3 is 0 Å². The third-order valence-corrected chi connectivity index (χ3v) is 2.84. The molecule has 2 aromatic carbocycles. The summed E-state index contributed by atoms with van der Waals surface area (Å²) in [5.74, 6) is 0.743. The quantitative estimate of drug-likeness (QED) is 0.635. The van der Waals surface area contributed by atoms with Crippen LogP contribution in [0.3, 0.4) is 0 Å². The van der Waals surface area contributed by atoms with Crippen molar-refractivity contribution in [2.75, 3.05) is 5.73 Å². The minimum atomic E-state index is 0.466. The Kier molecular flexibility index (Phi) is 2.24. The number of nitrogens with zero attached hydrogens (tertiary/aromatic N) is 2. The number of hydrogen-bond acceptors (Lipinski definition) is 3. The summed E-state index contributed by atoms with van der Waals surface area (Å²) in [6, 6.07) is 15.2. The number of aromatic amines is 1. The van der Waals surface area contributed by atoms with Gasteiger partial charge in [0.15, 0.2) is 0 Å². The molecule has 0 amide bonds. The standard InChI is InChI=1S/C14H10N4/c15-8-10-7-9(5-6-11(10)16)14-17-12-3-1-2-4-13(12)18-14/h1-7H,16H2,(H,17,18). The van der Waals surface area contributed by atoms with Crippen molar-refractivity contribution in [1.29, 1.82) is 5.26 Å². The molecule has 86 valence electrons.